The third-order valence-electron chi connectivity index (χ3n) is 4.94. The zero-order chi connectivity index (χ0) is 19.9. The van der Waals surface area contributed by atoms with E-state index in [4.69, 9.17) is 21.3 Å². The van der Waals surface area contributed by atoms with E-state index in [1.165, 1.54) is 4.31 Å². The van der Waals surface area contributed by atoms with Crippen molar-refractivity contribution in [3.05, 3.63) is 47.0 Å². The smallest absolute Gasteiger partial charge is 0.243 e. The molecule has 0 atom stereocenters. The van der Waals surface area contributed by atoms with E-state index in [2.05, 4.69) is 4.90 Å². The van der Waals surface area contributed by atoms with Crippen molar-refractivity contribution in [2.75, 3.05) is 38.2 Å². The largest absolute Gasteiger partial charge is 0.497 e. The number of methoxy groups -OCH3 is 1. The summed E-state index contributed by atoms with van der Waals surface area (Å²) in [5.74, 6) is 0.634. The van der Waals surface area contributed by atoms with Crippen molar-refractivity contribution in [3.63, 3.8) is 0 Å². The summed E-state index contributed by atoms with van der Waals surface area (Å²) in [4.78, 5) is 7.16. The fourth-order valence-electron chi connectivity index (χ4n) is 3.24. The average molecular weight is 438 g/mol. The van der Waals surface area contributed by atoms with Gasteiger partial charge >= 0.3 is 0 Å². The Hall–Kier alpha value is -1.87. The number of fused-ring (bicyclic) bond motifs is 1. The first-order chi connectivity index (χ1) is 13.4. The molecule has 1 aromatic heterocycles. The summed E-state index contributed by atoms with van der Waals surface area (Å²) in [6.45, 7) is 4.01. The van der Waals surface area contributed by atoms with Crippen LogP contribution in [0, 0.1) is 6.92 Å². The van der Waals surface area contributed by atoms with Crippen molar-refractivity contribution in [3.8, 4) is 5.75 Å². The van der Waals surface area contributed by atoms with Gasteiger partial charge in [-0.25, -0.2) is 13.4 Å². The Morgan fingerprint density at radius 3 is 2.39 bits per heavy atom. The highest BCUT2D eigenvalue weighted by Gasteiger charge is 2.29. The second-order valence-electron chi connectivity index (χ2n) is 6.58. The van der Waals surface area contributed by atoms with Crippen LogP contribution < -0.4 is 9.64 Å². The van der Waals surface area contributed by atoms with E-state index in [-0.39, 0.29) is 4.90 Å². The lowest BCUT2D eigenvalue weighted by Crippen LogP contribution is -2.48. The maximum absolute atomic E-state index is 12.9. The fraction of sp³-hybridized carbons (Fsp3) is 0.316. The topological polar surface area (TPSA) is 62.7 Å². The first-order valence-corrected chi connectivity index (χ1v) is 11.5. The summed E-state index contributed by atoms with van der Waals surface area (Å²) in [6.07, 6.45) is 0. The summed E-state index contributed by atoms with van der Waals surface area (Å²) in [7, 11) is -1.96. The molecular formula is C19H20ClN3O3S2. The maximum atomic E-state index is 12.9. The molecule has 1 aliphatic heterocycles. The number of ether oxygens (including phenoxy) is 1. The van der Waals surface area contributed by atoms with Crippen molar-refractivity contribution in [1.82, 2.24) is 9.29 Å². The quantitative estimate of drug-likeness (QED) is 0.621. The van der Waals surface area contributed by atoms with Gasteiger partial charge in [-0.15, -0.1) is 0 Å². The molecule has 0 saturated carbocycles. The lowest BCUT2D eigenvalue weighted by atomic mass is 10.2. The molecule has 2 heterocycles. The number of nitrogens with zero attached hydrogens (tertiary/aromatic N) is 3. The van der Waals surface area contributed by atoms with Crippen molar-refractivity contribution in [2.45, 2.75) is 11.8 Å². The number of hydrogen-bond donors (Lipinski definition) is 0. The zero-order valence-corrected chi connectivity index (χ0v) is 17.9. The van der Waals surface area contributed by atoms with E-state index >= 15 is 0 Å². The fourth-order valence-corrected chi connectivity index (χ4v) is 5.89. The highest BCUT2D eigenvalue weighted by atomic mass is 35.5. The number of piperazine rings is 1. The van der Waals surface area contributed by atoms with Crippen LogP contribution in [0.5, 0.6) is 5.75 Å². The SMILES string of the molecule is COc1ccc(S(=O)(=O)N2CCN(c3nc4c(C)c(Cl)ccc4s3)CC2)cc1. The molecule has 0 amide bonds. The summed E-state index contributed by atoms with van der Waals surface area (Å²) < 4.78 is 33.5. The zero-order valence-electron chi connectivity index (χ0n) is 15.6. The van der Waals surface area contributed by atoms with Crippen LogP contribution in [-0.2, 0) is 10.0 Å². The van der Waals surface area contributed by atoms with Crippen LogP contribution in [-0.4, -0.2) is 51.0 Å². The molecular weight excluding hydrogens is 418 g/mol. The molecule has 1 aliphatic rings. The van der Waals surface area contributed by atoms with Crippen molar-refractivity contribution in [1.29, 1.82) is 0 Å². The number of aryl methyl sites for hydroxylation is 1. The van der Waals surface area contributed by atoms with E-state index in [1.54, 1.807) is 42.7 Å². The Morgan fingerprint density at radius 1 is 1.07 bits per heavy atom. The standard InChI is InChI=1S/C19H20ClN3O3S2/c1-13-16(20)7-8-17-18(13)21-19(27-17)22-9-11-23(12-10-22)28(24,25)15-5-3-14(26-2)4-6-15/h3-8H,9-12H2,1-2H3. The molecule has 3 aromatic rings. The van der Waals surface area contributed by atoms with E-state index in [0.717, 1.165) is 20.9 Å². The van der Waals surface area contributed by atoms with Crippen LogP contribution >= 0.6 is 22.9 Å². The second kappa shape index (κ2) is 7.51. The van der Waals surface area contributed by atoms with Crippen LogP contribution in [0.4, 0.5) is 5.13 Å². The number of thiazole rings is 1. The van der Waals surface area contributed by atoms with Crippen LogP contribution in [0.15, 0.2) is 41.3 Å². The van der Waals surface area contributed by atoms with Gasteiger partial charge in [-0.05, 0) is 48.9 Å². The normalized spacial score (nSPS) is 15.9. The predicted octanol–water partition coefficient (Wildman–Crippen LogP) is 3.78. The number of hydrogen-bond acceptors (Lipinski definition) is 6. The average Bonchev–Trinajstić information content (AvgIpc) is 3.16. The molecule has 0 spiro atoms. The van der Waals surface area contributed by atoms with Gasteiger partial charge in [0.1, 0.15) is 5.75 Å². The molecule has 28 heavy (non-hydrogen) atoms. The Balaban J connectivity index is 1.50. The van der Waals surface area contributed by atoms with Gasteiger partial charge in [0.05, 0.1) is 22.2 Å². The lowest BCUT2D eigenvalue weighted by molar-refractivity contribution is 0.384. The summed E-state index contributed by atoms with van der Waals surface area (Å²) >= 11 is 7.81. The summed E-state index contributed by atoms with van der Waals surface area (Å²) in [5.41, 5.74) is 1.89. The first kappa shape index (κ1) is 19.4. The maximum Gasteiger partial charge on any atom is 0.243 e. The molecule has 0 aliphatic carbocycles. The van der Waals surface area contributed by atoms with Gasteiger partial charge in [-0.3, -0.25) is 0 Å². The molecule has 9 heteroatoms. The van der Waals surface area contributed by atoms with Crippen LogP contribution in [0.1, 0.15) is 5.56 Å². The minimum Gasteiger partial charge on any atom is -0.497 e. The lowest BCUT2D eigenvalue weighted by Gasteiger charge is -2.33. The second-order valence-corrected chi connectivity index (χ2v) is 9.94. The highest BCUT2D eigenvalue weighted by Crippen LogP contribution is 2.34. The Labute approximate surface area is 173 Å². The van der Waals surface area contributed by atoms with Crippen molar-refractivity contribution < 1.29 is 13.2 Å². The third kappa shape index (κ3) is 3.45. The molecule has 1 saturated heterocycles. The molecule has 0 bridgehead atoms. The van der Waals surface area contributed by atoms with E-state index < -0.39 is 10.0 Å². The van der Waals surface area contributed by atoms with Crippen molar-refractivity contribution >= 4 is 48.3 Å². The van der Waals surface area contributed by atoms with Gasteiger partial charge in [-0.2, -0.15) is 4.31 Å². The minimum atomic E-state index is -3.51. The molecule has 6 nitrogen and oxygen atoms in total. The number of halogens is 1. The van der Waals surface area contributed by atoms with E-state index in [0.29, 0.717) is 37.0 Å². The molecule has 0 N–H and O–H groups in total. The Bertz CT molecular complexity index is 1110. The molecule has 1 fully saturated rings. The van der Waals surface area contributed by atoms with Gasteiger partial charge in [0, 0.05) is 31.2 Å². The number of sulfonamides is 1. The first-order valence-electron chi connectivity index (χ1n) is 8.85. The number of benzene rings is 2. The number of rotatable bonds is 4. The van der Waals surface area contributed by atoms with E-state index in [1.807, 2.05) is 19.1 Å². The Morgan fingerprint density at radius 2 is 1.75 bits per heavy atom. The highest BCUT2D eigenvalue weighted by molar-refractivity contribution is 7.89. The van der Waals surface area contributed by atoms with Crippen LogP contribution in [0.25, 0.3) is 10.2 Å². The molecule has 4 rings (SSSR count). The van der Waals surface area contributed by atoms with Crippen molar-refractivity contribution in [2.24, 2.45) is 0 Å². The molecule has 2 aromatic carbocycles. The van der Waals surface area contributed by atoms with Gasteiger partial charge in [0.25, 0.3) is 0 Å². The van der Waals surface area contributed by atoms with Gasteiger partial charge in [0.15, 0.2) is 5.13 Å². The summed E-state index contributed by atoms with van der Waals surface area (Å²) in [6, 6.07) is 10.4. The Kier molecular flexibility index (Phi) is 5.22. The molecule has 0 radical (unpaired) electrons. The van der Waals surface area contributed by atoms with Gasteiger partial charge in [0.2, 0.25) is 10.0 Å². The van der Waals surface area contributed by atoms with Gasteiger partial charge in [-0.1, -0.05) is 22.9 Å². The molecule has 148 valence electrons. The predicted molar refractivity (Wildman–Crippen MR) is 113 cm³/mol. The minimum absolute atomic E-state index is 0.284. The molecule has 0 unspecified atom stereocenters. The van der Waals surface area contributed by atoms with Crippen LogP contribution in [0.2, 0.25) is 5.02 Å². The summed E-state index contributed by atoms with van der Waals surface area (Å²) in [5, 5.41) is 1.61. The number of anilines is 1. The van der Waals surface area contributed by atoms with E-state index in [9.17, 15) is 8.42 Å². The monoisotopic (exact) mass is 437 g/mol. The number of aromatic nitrogens is 1. The van der Waals surface area contributed by atoms with Crippen LogP contribution in [0.3, 0.4) is 0 Å². The third-order valence-corrected chi connectivity index (χ3v) is 8.35. The van der Waals surface area contributed by atoms with Gasteiger partial charge < -0.3 is 9.64 Å².